The molecule has 0 saturated heterocycles. The average Bonchev–Trinajstić information content (AvgIpc) is 2.87. The minimum absolute atomic E-state index is 0.473. The summed E-state index contributed by atoms with van der Waals surface area (Å²) in [5.74, 6) is -2.51. The lowest BCUT2D eigenvalue weighted by Crippen LogP contribution is -2.23. The normalized spacial score (nSPS) is 14.5. The highest BCUT2D eigenvalue weighted by Crippen LogP contribution is 2.29. The number of aromatic nitrogens is 1. The lowest BCUT2D eigenvalue weighted by molar-refractivity contribution is -0.134. The van der Waals surface area contributed by atoms with Crippen molar-refractivity contribution >= 4 is 34.0 Å². The fourth-order valence-corrected chi connectivity index (χ4v) is 2.42. The smallest absolute Gasteiger partial charge is 0.328 e. The van der Waals surface area contributed by atoms with Crippen molar-refractivity contribution in [3.05, 3.63) is 28.8 Å². The van der Waals surface area contributed by atoms with Crippen LogP contribution in [-0.4, -0.2) is 52.2 Å². The Morgan fingerprint density at radius 2 is 2.04 bits per heavy atom. The largest absolute Gasteiger partial charge is 0.478 e. The van der Waals surface area contributed by atoms with Gasteiger partial charge in [0.05, 0.1) is 5.69 Å². The van der Waals surface area contributed by atoms with Crippen molar-refractivity contribution in [2.24, 2.45) is 0 Å². The van der Waals surface area contributed by atoms with Crippen LogP contribution in [0.5, 0.6) is 0 Å². The fourth-order valence-electron chi connectivity index (χ4n) is 1.76. The predicted molar refractivity (Wildman–Crippen MR) is 85.7 cm³/mol. The molecule has 0 aromatic carbocycles. The van der Waals surface area contributed by atoms with E-state index in [4.69, 9.17) is 21.2 Å². The van der Waals surface area contributed by atoms with E-state index >= 15 is 0 Å². The predicted octanol–water partition coefficient (Wildman–Crippen LogP) is 1.03. The van der Waals surface area contributed by atoms with Crippen molar-refractivity contribution in [2.75, 3.05) is 25.9 Å². The number of carboxylic acids is 2. The molecule has 9 heteroatoms. The quantitative estimate of drug-likeness (QED) is 0.695. The molecule has 4 N–H and O–H groups in total. The van der Waals surface area contributed by atoms with Crippen LogP contribution < -0.4 is 5.73 Å². The molecule has 122 valence electrons. The van der Waals surface area contributed by atoms with Crippen LogP contribution in [0.2, 0.25) is 0 Å². The van der Waals surface area contributed by atoms with Gasteiger partial charge in [0.15, 0.2) is 5.13 Å². The molecule has 0 fully saturated rings. The average molecular weight is 336 g/mol. The number of carboxylic acid groups (broad SMARTS) is 2. The third kappa shape index (κ3) is 6.29. The molecule has 0 bridgehead atoms. The maximum atomic E-state index is 9.55. The maximum absolute atomic E-state index is 9.55. The number of thiazole rings is 1. The van der Waals surface area contributed by atoms with E-state index in [1.165, 1.54) is 11.3 Å². The van der Waals surface area contributed by atoms with Gasteiger partial charge >= 0.3 is 11.9 Å². The lowest BCUT2D eigenvalue weighted by Gasteiger charge is -2.20. The second kappa shape index (κ2) is 8.67. The number of aliphatic carboxylic acids is 2. The summed E-state index contributed by atoms with van der Waals surface area (Å²) in [6.45, 7) is 1.92. The third-order valence-electron chi connectivity index (χ3n) is 2.83. The number of nitrogen functional groups attached to an aromatic ring is 1. The number of anilines is 1. The Labute approximate surface area is 136 Å². The molecule has 1 aliphatic rings. The van der Waals surface area contributed by atoms with Gasteiger partial charge in [-0.2, -0.15) is 5.26 Å². The molecule has 2 rings (SSSR count). The zero-order chi connectivity index (χ0) is 17.4. The van der Waals surface area contributed by atoms with Crippen molar-refractivity contribution in [1.29, 1.82) is 5.26 Å². The Bertz CT molecular complexity index is 671. The summed E-state index contributed by atoms with van der Waals surface area (Å²) in [6, 6.07) is 2.15. The second-order valence-electron chi connectivity index (χ2n) is 4.59. The highest BCUT2D eigenvalue weighted by Gasteiger charge is 2.16. The van der Waals surface area contributed by atoms with Crippen molar-refractivity contribution in [3.8, 4) is 6.07 Å². The number of nitrogens with zero attached hydrogens (tertiary/aromatic N) is 3. The number of hydrogen-bond acceptors (Lipinski definition) is 7. The molecule has 8 nitrogen and oxygen atoms in total. The Kier molecular flexibility index (Phi) is 6.92. The molecule has 0 spiro atoms. The van der Waals surface area contributed by atoms with Crippen LogP contribution in [0.3, 0.4) is 0 Å². The molecule has 0 amide bonds. The fraction of sp³-hybridized carbons (Fsp3) is 0.286. The van der Waals surface area contributed by atoms with Gasteiger partial charge in [0, 0.05) is 25.2 Å². The van der Waals surface area contributed by atoms with Crippen LogP contribution in [0.1, 0.15) is 17.0 Å². The van der Waals surface area contributed by atoms with E-state index in [1.54, 1.807) is 0 Å². The zero-order valence-corrected chi connectivity index (χ0v) is 13.2. The Hall–Kier alpha value is -2.70. The molecular weight excluding hydrogens is 320 g/mol. The molecule has 0 radical (unpaired) electrons. The van der Waals surface area contributed by atoms with Crippen molar-refractivity contribution in [2.45, 2.75) is 6.42 Å². The molecule has 23 heavy (non-hydrogen) atoms. The van der Waals surface area contributed by atoms with Gasteiger partial charge in [0.25, 0.3) is 0 Å². The highest BCUT2D eigenvalue weighted by molar-refractivity contribution is 7.16. The lowest BCUT2D eigenvalue weighted by atomic mass is 10.0. The number of nitrogens with two attached hydrogens (primary N) is 1. The summed E-state index contributed by atoms with van der Waals surface area (Å²) in [5, 5.41) is 25.0. The third-order valence-corrected chi connectivity index (χ3v) is 3.62. The van der Waals surface area contributed by atoms with E-state index in [0.29, 0.717) is 22.2 Å². The molecule has 0 aliphatic carbocycles. The van der Waals surface area contributed by atoms with E-state index in [-0.39, 0.29) is 0 Å². The van der Waals surface area contributed by atoms with E-state index in [9.17, 15) is 9.59 Å². The summed E-state index contributed by atoms with van der Waals surface area (Å²) >= 11 is 1.26. The van der Waals surface area contributed by atoms with Crippen LogP contribution in [0.15, 0.2) is 18.2 Å². The summed E-state index contributed by atoms with van der Waals surface area (Å²) < 4.78 is 0. The first-order valence-corrected chi connectivity index (χ1v) is 7.33. The number of hydrogen-bond donors (Lipinski definition) is 3. The van der Waals surface area contributed by atoms with Crippen LogP contribution >= 0.6 is 11.3 Å². The minimum atomic E-state index is -1.26. The molecule has 1 aromatic rings. The maximum Gasteiger partial charge on any atom is 0.328 e. The van der Waals surface area contributed by atoms with Gasteiger partial charge < -0.3 is 20.8 Å². The first-order valence-electron chi connectivity index (χ1n) is 6.51. The molecule has 0 unspecified atom stereocenters. The van der Waals surface area contributed by atoms with Crippen LogP contribution in [0.25, 0.3) is 5.57 Å². The molecule has 1 aliphatic heterocycles. The van der Waals surface area contributed by atoms with E-state index in [2.05, 4.69) is 29.1 Å². The van der Waals surface area contributed by atoms with Gasteiger partial charge in [-0.25, -0.2) is 14.6 Å². The van der Waals surface area contributed by atoms with Gasteiger partial charge in [0.2, 0.25) is 0 Å². The molecule has 0 saturated carbocycles. The first kappa shape index (κ1) is 18.3. The summed E-state index contributed by atoms with van der Waals surface area (Å²) in [7, 11) is 2.08. The highest BCUT2D eigenvalue weighted by atomic mass is 32.1. The summed E-state index contributed by atoms with van der Waals surface area (Å²) in [6.07, 6.45) is 4.18. The van der Waals surface area contributed by atoms with Gasteiger partial charge in [-0.05, 0) is 19.0 Å². The molecular formula is C14H16N4O4S. The van der Waals surface area contributed by atoms with Gasteiger partial charge in [-0.1, -0.05) is 17.4 Å². The number of rotatable bonds is 3. The number of nitriles is 1. The van der Waals surface area contributed by atoms with Gasteiger partial charge in [-0.3, -0.25) is 0 Å². The molecule has 2 heterocycles. The number of carbonyl (C=O) groups is 2. The number of likely N-dealkylation sites (N-methyl/N-ethyl adjacent to an activating group) is 1. The van der Waals surface area contributed by atoms with Crippen LogP contribution in [-0.2, 0) is 9.59 Å². The monoisotopic (exact) mass is 336 g/mol. The summed E-state index contributed by atoms with van der Waals surface area (Å²) in [5.41, 5.74) is 7.54. The Balaban J connectivity index is 0.000000284. The second-order valence-corrected chi connectivity index (χ2v) is 5.62. The van der Waals surface area contributed by atoms with Crippen molar-refractivity contribution in [1.82, 2.24) is 9.88 Å². The minimum Gasteiger partial charge on any atom is -0.478 e. The first-order chi connectivity index (χ1) is 10.8. The van der Waals surface area contributed by atoms with Crippen molar-refractivity contribution < 1.29 is 19.8 Å². The van der Waals surface area contributed by atoms with E-state index in [1.807, 2.05) is 0 Å². The summed E-state index contributed by atoms with van der Waals surface area (Å²) in [4.78, 5) is 26.2. The zero-order valence-electron chi connectivity index (χ0n) is 12.4. The molecule has 0 atom stereocenters. The van der Waals surface area contributed by atoms with E-state index in [0.717, 1.165) is 30.8 Å². The van der Waals surface area contributed by atoms with E-state index < -0.39 is 11.9 Å². The van der Waals surface area contributed by atoms with Gasteiger partial charge in [-0.15, -0.1) is 0 Å². The van der Waals surface area contributed by atoms with Crippen LogP contribution in [0, 0.1) is 11.3 Å². The Morgan fingerprint density at radius 1 is 1.43 bits per heavy atom. The Morgan fingerprint density at radius 3 is 2.48 bits per heavy atom. The topological polar surface area (TPSA) is 141 Å². The molecule has 1 aromatic heterocycles. The SMILES string of the molecule is CN1CC=C(c2nc(N)sc2C#N)CC1.O=C(O)/C=C\C(=O)O. The van der Waals surface area contributed by atoms with Gasteiger partial charge in [0.1, 0.15) is 10.9 Å². The standard InChI is InChI=1S/C10H12N4S.C4H4O4/c1-14-4-2-7(3-5-14)9-8(6-11)15-10(12)13-9;5-3(6)1-2-4(7)8/h2H,3-5H2,1H3,(H2,12,13);1-2H,(H,5,6)(H,7,8)/b;2-1-. The van der Waals surface area contributed by atoms with Crippen LogP contribution in [0.4, 0.5) is 5.13 Å². The van der Waals surface area contributed by atoms with Crippen molar-refractivity contribution in [3.63, 3.8) is 0 Å².